The maximum absolute atomic E-state index is 11.2. The smallest absolute Gasteiger partial charge is 0.287 e. The molecular formula is C13H16N4O3. The number of ether oxygens (including phenoxy) is 1. The van der Waals surface area contributed by atoms with E-state index in [4.69, 9.17) is 15.1 Å². The first-order chi connectivity index (χ1) is 9.63. The van der Waals surface area contributed by atoms with Crippen LogP contribution in [0.1, 0.15) is 34.6 Å². The molecule has 2 heterocycles. The van der Waals surface area contributed by atoms with Crippen molar-refractivity contribution in [1.82, 2.24) is 15.6 Å². The number of hydrogen-bond donors (Lipinski definition) is 2. The molecule has 0 aliphatic rings. The van der Waals surface area contributed by atoms with Gasteiger partial charge in [0.2, 0.25) is 0 Å². The maximum atomic E-state index is 11.2. The Morgan fingerprint density at radius 2 is 2.30 bits per heavy atom. The Hall–Kier alpha value is -2.41. The van der Waals surface area contributed by atoms with E-state index >= 15 is 0 Å². The van der Waals surface area contributed by atoms with Crippen LogP contribution in [0.25, 0.3) is 0 Å². The van der Waals surface area contributed by atoms with Crippen molar-refractivity contribution in [2.75, 3.05) is 0 Å². The van der Waals surface area contributed by atoms with Crippen LogP contribution in [0.3, 0.4) is 0 Å². The van der Waals surface area contributed by atoms with Gasteiger partial charge in [-0.05, 0) is 25.5 Å². The summed E-state index contributed by atoms with van der Waals surface area (Å²) in [4.78, 5) is 15.6. The van der Waals surface area contributed by atoms with E-state index in [1.54, 1.807) is 0 Å². The molecule has 7 nitrogen and oxygen atoms in total. The van der Waals surface area contributed by atoms with Gasteiger partial charge in [0.15, 0.2) is 11.5 Å². The number of pyridine rings is 1. The number of nitrogens with two attached hydrogens (primary N) is 1. The van der Waals surface area contributed by atoms with Crippen molar-refractivity contribution < 1.29 is 14.1 Å². The Balaban J connectivity index is 2.05. The summed E-state index contributed by atoms with van der Waals surface area (Å²) in [6.45, 7) is 4.10. The van der Waals surface area contributed by atoms with Crippen molar-refractivity contribution in [2.45, 2.75) is 26.9 Å². The molecule has 0 saturated heterocycles. The highest BCUT2D eigenvalue weighted by Crippen LogP contribution is 2.19. The second kappa shape index (κ2) is 6.16. The van der Waals surface area contributed by atoms with E-state index < -0.39 is 5.91 Å². The number of aromatic nitrogens is 2. The molecule has 0 bridgehead atoms. The monoisotopic (exact) mass is 276 g/mol. The van der Waals surface area contributed by atoms with E-state index in [0.717, 1.165) is 17.8 Å². The highest BCUT2D eigenvalue weighted by Gasteiger charge is 2.12. The van der Waals surface area contributed by atoms with E-state index in [-0.39, 0.29) is 12.3 Å². The summed E-state index contributed by atoms with van der Waals surface area (Å²) in [5, 5.41) is 3.59. The normalized spacial score (nSPS) is 10.3. The minimum atomic E-state index is -0.508. The summed E-state index contributed by atoms with van der Waals surface area (Å²) < 4.78 is 10.6. The SMILES string of the molecule is CCc1nc(C)ccc1OCc1cc(C(=O)NN)no1. The van der Waals surface area contributed by atoms with E-state index in [2.05, 4.69) is 10.1 Å². The second-order valence-electron chi connectivity index (χ2n) is 4.19. The summed E-state index contributed by atoms with van der Waals surface area (Å²) in [7, 11) is 0. The number of hydrazine groups is 1. The van der Waals surface area contributed by atoms with Gasteiger partial charge < -0.3 is 9.26 Å². The molecule has 3 N–H and O–H groups in total. The van der Waals surface area contributed by atoms with E-state index in [1.807, 2.05) is 31.4 Å². The van der Waals surface area contributed by atoms with E-state index in [0.29, 0.717) is 11.5 Å². The predicted octanol–water partition coefficient (Wildman–Crippen LogP) is 1.12. The number of carbonyl (C=O) groups excluding carboxylic acids is 1. The van der Waals surface area contributed by atoms with Gasteiger partial charge in [0.25, 0.3) is 5.91 Å². The summed E-state index contributed by atoms with van der Waals surface area (Å²) >= 11 is 0. The van der Waals surface area contributed by atoms with Gasteiger partial charge >= 0.3 is 0 Å². The fourth-order valence-electron chi connectivity index (χ4n) is 1.69. The molecule has 0 fully saturated rings. The highest BCUT2D eigenvalue weighted by atomic mass is 16.5. The average Bonchev–Trinajstić information content (AvgIpc) is 2.93. The Labute approximate surface area is 116 Å². The van der Waals surface area contributed by atoms with Gasteiger partial charge in [0.05, 0.1) is 5.69 Å². The zero-order valence-electron chi connectivity index (χ0n) is 11.3. The fourth-order valence-corrected chi connectivity index (χ4v) is 1.69. The van der Waals surface area contributed by atoms with Gasteiger partial charge in [-0.2, -0.15) is 0 Å². The first-order valence-corrected chi connectivity index (χ1v) is 6.20. The lowest BCUT2D eigenvalue weighted by molar-refractivity contribution is 0.0944. The molecule has 0 spiro atoms. The molecule has 0 aliphatic carbocycles. The lowest BCUT2D eigenvalue weighted by Crippen LogP contribution is -2.30. The quantitative estimate of drug-likeness (QED) is 0.482. The number of amides is 1. The zero-order chi connectivity index (χ0) is 14.5. The molecule has 1 amide bonds. The molecule has 2 aromatic heterocycles. The summed E-state index contributed by atoms with van der Waals surface area (Å²) in [5.74, 6) is 5.63. The largest absolute Gasteiger partial charge is 0.484 e. The molecule has 0 saturated carbocycles. The molecule has 0 aromatic carbocycles. The van der Waals surface area contributed by atoms with Crippen LogP contribution in [-0.4, -0.2) is 16.0 Å². The van der Waals surface area contributed by atoms with Crippen LogP contribution in [0.5, 0.6) is 5.75 Å². The Morgan fingerprint density at radius 3 is 3.00 bits per heavy atom. The van der Waals surface area contributed by atoms with Crippen LogP contribution >= 0.6 is 0 Å². The van der Waals surface area contributed by atoms with Crippen LogP contribution in [0.2, 0.25) is 0 Å². The summed E-state index contributed by atoms with van der Waals surface area (Å²) in [6, 6.07) is 5.22. The van der Waals surface area contributed by atoms with Crippen LogP contribution in [-0.2, 0) is 13.0 Å². The third-order valence-electron chi connectivity index (χ3n) is 2.70. The number of aryl methyl sites for hydroxylation is 2. The van der Waals surface area contributed by atoms with Crippen molar-refractivity contribution in [1.29, 1.82) is 0 Å². The highest BCUT2D eigenvalue weighted by molar-refractivity contribution is 5.91. The minimum absolute atomic E-state index is 0.115. The van der Waals surface area contributed by atoms with Gasteiger partial charge in [-0.25, -0.2) is 5.84 Å². The van der Waals surface area contributed by atoms with Crippen molar-refractivity contribution in [2.24, 2.45) is 5.84 Å². The summed E-state index contributed by atoms with van der Waals surface area (Å²) in [6.07, 6.45) is 0.772. The number of hydrogen-bond acceptors (Lipinski definition) is 6. The van der Waals surface area contributed by atoms with Crippen LogP contribution in [0.4, 0.5) is 0 Å². The van der Waals surface area contributed by atoms with Crippen LogP contribution in [0.15, 0.2) is 22.7 Å². The molecule has 0 unspecified atom stereocenters. The Kier molecular flexibility index (Phi) is 4.31. The van der Waals surface area contributed by atoms with Gasteiger partial charge in [-0.1, -0.05) is 12.1 Å². The van der Waals surface area contributed by atoms with Crippen molar-refractivity contribution in [3.63, 3.8) is 0 Å². The molecule has 0 aliphatic heterocycles. The third-order valence-corrected chi connectivity index (χ3v) is 2.70. The molecular weight excluding hydrogens is 260 g/mol. The van der Waals surface area contributed by atoms with Crippen molar-refractivity contribution in [3.8, 4) is 5.75 Å². The number of nitrogen functional groups attached to an aromatic ring is 1. The predicted molar refractivity (Wildman–Crippen MR) is 70.8 cm³/mol. The van der Waals surface area contributed by atoms with E-state index in [1.165, 1.54) is 6.07 Å². The Bertz CT molecular complexity index is 609. The summed E-state index contributed by atoms with van der Waals surface area (Å²) in [5.41, 5.74) is 3.91. The molecule has 2 aromatic rings. The lowest BCUT2D eigenvalue weighted by Gasteiger charge is -2.08. The van der Waals surface area contributed by atoms with Gasteiger partial charge in [-0.15, -0.1) is 0 Å². The number of nitrogens with one attached hydrogen (secondary N) is 1. The first-order valence-electron chi connectivity index (χ1n) is 6.20. The van der Waals surface area contributed by atoms with E-state index in [9.17, 15) is 4.79 Å². The molecule has 106 valence electrons. The number of carbonyl (C=O) groups is 1. The molecule has 0 atom stereocenters. The van der Waals surface area contributed by atoms with Crippen molar-refractivity contribution in [3.05, 3.63) is 41.0 Å². The maximum Gasteiger partial charge on any atom is 0.287 e. The topological polar surface area (TPSA) is 103 Å². The van der Waals surface area contributed by atoms with Crippen LogP contribution in [0, 0.1) is 6.92 Å². The lowest BCUT2D eigenvalue weighted by atomic mass is 10.2. The number of rotatable bonds is 5. The van der Waals surface area contributed by atoms with Crippen molar-refractivity contribution >= 4 is 5.91 Å². The van der Waals surface area contributed by atoms with Gasteiger partial charge in [0, 0.05) is 11.8 Å². The fraction of sp³-hybridized carbons (Fsp3) is 0.308. The average molecular weight is 276 g/mol. The zero-order valence-corrected chi connectivity index (χ0v) is 11.3. The standard InChI is InChI=1S/C13H16N4O3/c1-3-10-12(5-4-8(2)15-10)19-7-9-6-11(17-20-9)13(18)16-14/h4-6H,3,7,14H2,1-2H3,(H,16,18). The molecule has 20 heavy (non-hydrogen) atoms. The Morgan fingerprint density at radius 1 is 1.50 bits per heavy atom. The first kappa shape index (κ1) is 14.0. The number of nitrogens with zero attached hydrogens (tertiary/aromatic N) is 2. The molecule has 0 radical (unpaired) electrons. The third kappa shape index (κ3) is 3.12. The molecule has 7 heteroatoms. The van der Waals surface area contributed by atoms with Crippen LogP contribution < -0.4 is 16.0 Å². The molecule has 2 rings (SSSR count). The van der Waals surface area contributed by atoms with Gasteiger partial charge in [0.1, 0.15) is 12.4 Å². The minimum Gasteiger partial charge on any atom is -0.484 e. The second-order valence-corrected chi connectivity index (χ2v) is 4.19. The van der Waals surface area contributed by atoms with Gasteiger partial charge in [-0.3, -0.25) is 15.2 Å².